The molecule has 0 spiro atoms. The summed E-state index contributed by atoms with van der Waals surface area (Å²) in [6.45, 7) is 5.55. The van der Waals surface area contributed by atoms with Crippen LogP contribution in [-0.4, -0.2) is 33.7 Å². The van der Waals surface area contributed by atoms with Crippen LogP contribution < -0.4 is 10.6 Å². The summed E-state index contributed by atoms with van der Waals surface area (Å²) in [7, 11) is 0. The van der Waals surface area contributed by atoms with Crippen LogP contribution in [-0.2, 0) is 11.3 Å². The first-order valence-electron chi connectivity index (χ1n) is 5.95. The monoisotopic (exact) mass is 237 g/mol. The highest BCUT2D eigenvalue weighted by Gasteiger charge is 2.36. The van der Waals surface area contributed by atoms with E-state index in [0.29, 0.717) is 12.4 Å². The van der Waals surface area contributed by atoms with Crippen molar-refractivity contribution in [2.24, 2.45) is 5.41 Å². The maximum atomic E-state index is 12.1. The smallest absolute Gasteiger partial charge is 0.238 e. The fraction of sp³-hybridized carbons (Fsp3) is 0.727. The molecular formula is C11H19N5O. The molecule has 1 saturated heterocycles. The molecule has 0 aromatic carbocycles. The van der Waals surface area contributed by atoms with Crippen molar-refractivity contribution < 1.29 is 4.79 Å². The molecule has 0 bridgehead atoms. The van der Waals surface area contributed by atoms with Gasteiger partial charge in [-0.2, -0.15) is 5.10 Å². The van der Waals surface area contributed by atoms with E-state index in [4.69, 9.17) is 0 Å². The lowest BCUT2D eigenvalue weighted by atomic mass is 9.77. The van der Waals surface area contributed by atoms with Gasteiger partial charge >= 0.3 is 0 Å². The minimum Gasteiger partial charge on any atom is -0.347 e. The number of hydrogen-bond donors (Lipinski definition) is 3. The van der Waals surface area contributed by atoms with Crippen LogP contribution in [0.15, 0.2) is 6.33 Å². The van der Waals surface area contributed by atoms with Gasteiger partial charge in [0.15, 0.2) is 0 Å². The van der Waals surface area contributed by atoms with Gasteiger partial charge < -0.3 is 10.6 Å². The van der Waals surface area contributed by atoms with Gasteiger partial charge in [0.1, 0.15) is 12.2 Å². The largest absolute Gasteiger partial charge is 0.347 e. The van der Waals surface area contributed by atoms with Crippen molar-refractivity contribution >= 4 is 5.91 Å². The van der Waals surface area contributed by atoms with Crippen molar-refractivity contribution in [1.29, 1.82) is 0 Å². The van der Waals surface area contributed by atoms with Gasteiger partial charge in [0, 0.05) is 0 Å². The minimum atomic E-state index is -0.126. The molecule has 1 atom stereocenters. The van der Waals surface area contributed by atoms with Gasteiger partial charge in [-0.3, -0.25) is 9.89 Å². The highest BCUT2D eigenvalue weighted by atomic mass is 16.2. The second-order valence-electron chi connectivity index (χ2n) is 5.13. The first-order valence-corrected chi connectivity index (χ1v) is 5.95. The van der Waals surface area contributed by atoms with Gasteiger partial charge in [-0.15, -0.1) is 0 Å². The van der Waals surface area contributed by atoms with E-state index in [-0.39, 0.29) is 17.4 Å². The lowest BCUT2D eigenvalue weighted by Gasteiger charge is -2.38. The summed E-state index contributed by atoms with van der Waals surface area (Å²) >= 11 is 0. The zero-order chi connectivity index (χ0) is 12.3. The normalized spacial score (nSPS) is 23.3. The second kappa shape index (κ2) is 4.83. The Kier molecular flexibility index (Phi) is 3.42. The Balaban J connectivity index is 1.90. The van der Waals surface area contributed by atoms with E-state index >= 15 is 0 Å². The quantitative estimate of drug-likeness (QED) is 0.701. The number of H-pyrrole nitrogens is 1. The molecule has 0 radical (unpaired) electrons. The van der Waals surface area contributed by atoms with Crippen LogP contribution in [0.3, 0.4) is 0 Å². The predicted molar refractivity (Wildman–Crippen MR) is 63.0 cm³/mol. The van der Waals surface area contributed by atoms with Crippen molar-refractivity contribution in [3.8, 4) is 0 Å². The molecule has 3 N–H and O–H groups in total. The highest BCUT2D eigenvalue weighted by molar-refractivity contribution is 5.82. The van der Waals surface area contributed by atoms with Gasteiger partial charge in [-0.05, 0) is 24.8 Å². The first kappa shape index (κ1) is 12.0. The van der Waals surface area contributed by atoms with Crippen molar-refractivity contribution in [3.63, 3.8) is 0 Å². The van der Waals surface area contributed by atoms with E-state index in [1.807, 2.05) is 0 Å². The average Bonchev–Trinajstić information content (AvgIpc) is 2.78. The fourth-order valence-corrected chi connectivity index (χ4v) is 2.25. The van der Waals surface area contributed by atoms with Crippen LogP contribution in [0.25, 0.3) is 0 Å². The number of carbonyl (C=O) groups is 1. The summed E-state index contributed by atoms with van der Waals surface area (Å²) in [5.41, 5.74) is 0.00372. The van der Waals surface area contributed by atoms with Crippen molar-refractivity contribution in [2.75, 3.05) is 6.54 Å². The maximum absolute atomic E-state index is 12.1. The summed E-state index contributed by atoms with van der Waals surface area (Å²) in [6, 6.07) is -0.126. The Bertz CT molecular complexity index is 373. The number of piperidine rings is 1. The molecule has 2 rings (SSSR count). The third-order valence-corrected chi connectivity index (χ3v) is 3.28. The number of aromatic amines is 1. The van der Waals surface area contributed by atoms with Crippen LogP contribution in [0.4, 0.5) is 0 Å². The number of nitrogens with one attached hydrogen (secondary N) is 3. The van der Waals surface area contributed by atoms with Crippen molar-refractivity contribution in [2.45, 2.75) is 39.3 Å². The number of rotatable bonds is 3. The molecule has 94 valence electrons. The van der Waals surface area contributed by atoms with Crippen LogP contribution in [0, 0.1) is 5.41 Å². The third kappa shape index (κ3) is 2.82. The van der Waals surface area contributed by atoms with E-state index in [0.717, 1.165) is 19.4 Å². The highest BCUT2D eigenvalue weighted by Crippen LogP contribution is 2.30. The molecular weight excluding hydrogens is 218 g/mol. The summed E-state index contributed by atoms with van der Waals surface area (Å²) in [4.78, 5) is 16.0. The molecule has 1 aromatic heterocycles. The first-order chi connectivity index (χ1) is 8.09. The molecule has 1 fully saturated rings. The lowest BCUT2D eigenvalue weighted by Crippen LogP contribution is -2.55. The number of nitrogens with zero attached hydrogens (tertiary/aromatic N) is 2. The fourth-order valence-electron chi connectivity index (χ4n) is 2.25. The summed E-state index contributed by atoms with van der Waals surface area (Å²) in [6.07, 6.45) is 3.63. The minimum absolute atomic E-state index is 0.00372. The van der Waals surface area contributed by atoms with Gasteiger partial charge in [0.05, 0.1) is 12.6 Å². The van der Waals surface area contributed by atoms with Gasteiger partial charge in [0.2, 0.25) is 5.91 Å². The Morgan fingerprint density at radius 1 is 1.65 bits per heavy atom. The maximum Gasteiger partial charge on any atom is 0.238 e. The van der Waals surface area contributed by atoms with Gasteiger partial charge in [0.25, 0.3) is 0 Å². The summed E-state index contributed by atoms with van der Waals surface area (Å²) < 4.78 is 0. The molecule has 1 aliphatic heterocycles. The number of aromatic nitrogens is 3. The van der Waals surface area contributed by atoms with Crippen LogP contribution in [0.2, 0.25) is 0 Å². The topological polar surface area (TPSA) is 82.7 Å². The molecule has 0 saturated carbocycles. The zero-order valence-electron chi connectivity index (χ0n) is 10.3. The van der Waals surface area contributed by atoms with E-state index in [9.17, 15) is 4.79 Å². The second-order valence-corrected chi connectivity index (χ2v) is 5.13. The third-order valence-electron chi connectivity index (χ3n) is 3.28. The Hall–Kier alpha value is -1.43. The number of carbonyl (C=O) groups excluding carboxylic acids is 1. The van der Waals surface area contributed by atoms with Gasteiger partial charge in [-0.25, -0.2) is 4.98 Å². The zero-order valence-corrected chi connectivity index (χ0v) is 10.3. The van der Waals surface area contributed by atoms with Crippen molar-refractivity contribution in [1.82, 2.24) is 25.8 Å². The number of hydrogen-bond acceptors (Lipinski definition) is 4. The van der Waals surface area contributed by atoms with E-state index < -0.39 is 0 Å². The standard InChI is InChI=1S/C11H19N5O/c1-11(2)4-3-5-12-9(11)10(17)13-6-8-14-7-15-16-8/h7,9,12H,3-6H2,1-2H3,(H,13,17)(H,14,15,16). The number of amides is 1. The predicted octanol–water partition coefficient (Wildman–Crippen LogP) is 0.199. The molecule has 2 heterocycles. The molecule has 17 heavy (non-hydrogen) atoms. The molecule has 1 aromatic rings. The van der Waals surface area contributed by atoms with E-state index in [1.54, 1.807) is 0 Å². The molecule has 6 heteroatoms. The summed E-state index contributed by atoms with van der Waals surface area (Å²) in [5.74, 6) is 0.707. The van der Waals surface area contributed by atoms with Crippen molar-refractivity contribution in [3.05, 3.63) is 12.2 Å². The van der Waals surface area contributed by atoms with E-state index in [2.05, 4.69) is 39.7 Å². The lowest BCUT2D eigenvalue weighted by molar-refractivity contribution is -0.127. The van der Waals surface area contributed by atoms with Gasteiger partial charge in [-0.1, -0.05) is 13.8 Å². The van der Waals surface area contributed by atoms with Crippen LogP contribution in [0.5, 0.6) is 0 Å². The Morgan fingerprint density at radius 3 is 3.12 bits per heavy atom. The molecule has 6 nitrogen and oxygen atoms in total. The van der Waals surface area contributed by atoms with Crippen LogP contribution in [0.1, 0.15) is 32.5 Å². The van der Waals surface area contributed by atoms with Crippen LogP contribution >= 0.6 is 0 Å². The molecule has 1 unspecified atom stereocenters. The average molecular weight is 237 g/mol. The summed E-state index contributed by atoms with van der Waals surface area (Å²) in [5, 5.41) is 12.6. The SMILES string of the molecule is CC1(C)CCCNC1C(=O)NCc1ncn[nH]1. The molecule has 1 amide bonds. The Labute approximate surface area is 101 Å². The molecule has 0 aliphatic carbocycles. The molecule has 1 aliphatic rings. The Morgan fingerprint density at radius 2 is 2.47 bits per heavy atom. The van der Waals surface area contributed by atoms with E-state index in [1.165, 1.54) is 6.33 Å².